The Bertz CT molecular complexity index is 459. The molecule has 0 radical (unpaired) electrons. The van der Waals surface area contributed by atoms with Crippen LogP contribution in [0, 0.1) is 13.8 Å². The third-order valence-corrected chi connectivity index (χ3v) is 2.51. The zero-order chi connectivity index (χ0) is 11.5. The summed E-state index contributed by atoms with van der Waals surface area (Å²) < 4.78 is 5.16. The monoisotopic (exact) mass is 217 g/mol. The maximum Gasteiger partial charge on any atom is 0.101 e. The first-order valence-corrected chi connectivity index (χ1v) is 5.30. The second-order valence-electron chi connectivity index (χ2n) is 4.04. The fraction of sp³-hybridized carbons (Fsp3) is 0.308. The largest absolute Gasteiger partial charge is 0.469 e. The Labute approximate surface area is 94.8 Å². The third kappa shape index (κ3) is 2.49. The summed E-state index contributed by atoms with van der Waals surface area (Å²) in [4.78, 5) is 4.26. The summed E-state index contributed by atoms with van der Waals surface area (Å²) in [7, 11) is 0. The number of pyridine rings is 1. The highest BCUT2D eigenvalue weighted by molar-refractivity contribution is 5.18. The maximum atomic E-state index is 9.96. The number of hydrogen-bond acceptors (Lipinski definition) is 3. The molecule has 0 aromatic carbocycles. The van der Waals surface area contributed by atoms with Crippen molar-refractivity contribution in [2.45, 2.75) is 26.4 Å². The van der Waals surface area contributed by atoms with Crippen LogP contribution in [0.4, 0.5) is 0 Å². The van der Waals surface area contributed by atoms with Gasteiger partial charge in [0.2, 0.25) is 0 Å². The molecule has 2 rings (SSSR count). The summed E-state index contributed by atoms with van der Waals surface area (Å²) in [5.74, 6) is 0.811. The third-order valence-electron chi connectivity index (χ3n) is 2.51. The SMILES string of the molecule is Cc1ccc(CC(O)c2coc(C)c2)nc1. The Morgan fingerprint density at radius 2 is 2.19 bits per heavy atom. The summed E-state index contributed by atoms with van der Waals surface area (Å²) in [6.45, 7) is 3.85. The van der Waals surface area contributed by atoms with E-state index in [0.29, 0.717) is 6.42 Å². The van der Waals surface area contributed by atoms with Crippen LogP contribution in [0.3, 0.4) is 0 Å². The smallest absolute Gasteiger partial charge is 0.101 e. The molecule has 1 N–H and O–H groups in total. The van der Waals surface area contributed by atoms with Gasteiger partial charge in [-0.2, -0.15) is 0 Å². The van der Waals surface area contributed by atoms with E-state index in [4.69, 9.17) is 4.42 Å². The molecule has 1 atom stereocenters. The van der Waals surface area contributed by atoms with E-state index in [9.17, 15) is 5.11 Å². The molecule has 0 fully saturated rings. The lowest BCUT2D eigenvalue weighted by molar-refractivity contribution is 0.176. The first kappa shape index (κ1) is 10.9. The lowest BCUT2D eigenvalue weighted by Crippen LogP contribution is -2.02. The number of aromatic nitrogens is 1. The van der Waals surface area contributed by atoms with Gasteiger partial charge in [0.1, 0.15) is 5.76 Å². The highest BCUT2D eigenvalue weighted by Crippen LogP contribution is 2.19. The topological polar surface area (TPSA) is 46.3 Å². The normalized spacial score (nSPS) is 12.7. The van der Waals surface area contributed by atoms with Gasteiger partial charge in [-0.05, 0) is 31.5 Å². The van der Waals surface area contributed by atoms with Gasteiger partial charge in [0.25, 0.3) is 0 Å². The number of aliphatic hydroxyl groups is 1. The molecule has 0 amide bonds. The van der Waals surface area contributed by atoms with Crippen LogP contribution < -0.4 is 0 Å². The Kier molecular flexibility index (Phi) is 3.06. The van der Waals surface area contributed by atoms with Crippen molar-refractivity contribution in [3.63, 3.8) is 0 Å². The molecule has 0 aliphatic carbocycles. The number of aliphatic hydroxyl groups excluding tert-OH is 1. The van der Waals surface area contributed by atoms with E-state index in [1.165, 1.54) is 0 Å². The van der Waals surface area contributed by atoms with E-state index in [-0.39, 0.29) is 0 Å². The number of furan rings is 1. The molecular weight excluding hydrogens is 202 g/mol. The van der Waals surface area contributed by atoms with Gasteiger partial charge in [-0.25, -0.2) is 0 Å². The highest BCUT2D eigenvalue weighted by atomic mass is 16.3. The Balaban J connectivity index is 2.07. The molecule has 0 aliphatic rings. The second kappa shape index (κ2) is 4.49. The van der Waals surface area contributed by atoms with E-state index in [1.807, 2.05) is 38.2 Å². The summed E-state index contributed by atoms with van der Waals surface area (Å²) in [6, 6.07) is 5.78. The molecule has 0 aliphatic heterocycles. The molecule has 0 saturated carbocycles. The molecular formula is C13H15NO2. The first-order chi connectivity index (χ1) is 7.65. The predicted molar refractivity (Wildman–Crippen MR) is 61.1 cm³/mol. The molecule has 0 spiro atoms. The van der Waals surface area contributed by atoms with Crippen LogP contribution in [0.2, 0.25) is 0 Å². The summed E-state index contributed by atoms with van der Waals surface area (Å²) in [6.07, 6.45) is 3.36. The minimum atomic E-state index is -0.548. The van der Waals surface area contributed by atoms with E-state index in [0.717, 1.165) is 22.6 Å². The number of aryl methyl sites for hydroxylation is 2. The molecule has 0 saturated heterocycles. The van der Waals surface area contributed by atoms with Crippen LogP contribution in [-0.2, 0) is 6.42 Å². The minimum absolute atomic E-state index is 0.513. The van der Waals surface area contributed by atoms with Gasteiger partial charge in [0.15, 0.2) is 0 Å². The van der Waals surface area contributed by atoms with E-state index >= 15 is 0 Å². The number of nitrogens with zero attached hydrogens (tertiary/aromatic N) is 1. The van der Waals surface area contributed by atoms with Crippen LogP contribution in [0.15, 0.2) is 35.1 Å². The lowest BCUT2D eigenvalue weighted by Gasteiger charge is -2.07. The van der Waals surface area contributed by atoms with Crippen LogP contribution in [0.1, 0.15) is 28.7 Å². The molecule has 2 aromatic heterocycles. The predicted octanol–water partition coefficient (Wildman–Crippen LogP) is 2.57. The summed E-state index contributed by atoms with van der Waals surface area (Å²) in [5, 5.41) is 9.96. The van der Waals surface area contributed by atoms with Gasteiger partial charge in [0.05, 0.1) is 12.4 Å². The molecule has 1 unspecified atom stereocenters. The fourth-order valence-corrected chi connectivity index (χ4v) is 1.57. The Morgan fingerprint density at radius 1 is 1.38 bits per heavy atom. The van der Waals surface area contributed by atoms with Crippen molar-refractivity contribution in [1.29, 1.82) is 0 Å². The zero-order valence-electron chi connectivity index (χ0n) is 9.47. The molecule has 16 heavy (non-hydrogen) atoms. The quantitative estimate of drug-likeness (QED) is 0.859. The zero-order valence-corrected chi connectivity index (χ0v) is 9.47. The maximum absolute atomic E-state index is 9.96. The van der Waals surface area contributed by atoms with Gasteiger partial charge in [-0.15, -0.1) is 0 Å². The van der Waals surface area contributed by atoms with Crippen molar-refractivity contribution < 1.29 is 9.52 Å². The van der Waals surface area contributed by atoms with Crippen molar-refractivity contribution >= 4 is 0 Å². The average Bonchev–Trinajstić information content (AvgIpc) is 2.68. The van der Waals surface area contributed by atoms with E-state index < -0.39 is 6.10 Å². The van der Waals surface area contributed by atoms with E-state index in [1.54, 1.807) is 6.26 Å². The van der Waals surface area contributed by atoms with Crippen molar-refractivity contribution in [1.82, 2.24) is 4.98 Å². The molecule has 3 heteroatoms. The average molecular weight is 217 g/mol. The second-order valence-corrected chi connectivity index (χ2v) is 4.04. The fourth-order valence-electron chi connectivity index (χ4n) is 1.57. The minimum Gasteiger partial charge on any atom is -0.469 e. The van der Waals surface area contributed by atoms with Gasteiger partial charge in [-0.1, -0.05) is 6.07 Å². The van der Waals surface area contributed by atoms with Crippen molar-refractivity contribution in [3.8, 4) is 0 Å². The molecule has 84 valence electrons. The summed E-state index contributed by atoms with van der Waals surface area (Å²) >= 11 is 0. The van der Waals surface area contributed by atoms with Crippen molar-refractivity contribution in [3.05, 3.63) is 53.2 Å². The first-order valence-electron chi connectivity index (χ1n) is 5.30. The van der Waals surface area contributed by atoms with E-state index in [2.05, 4.69) is 4.98 Å². The standard InChI is InChI=1S/C13H15NO2/c1-9-3-4-12(14-7-9)6-13(15)11-5-10(2)16-8-11/h3-5,7-8,13,15H,6H2,1-2H3. The van der Waals surface area contributed by atoms with Gasteiger partial charge >= 0.3 is 0 Å². The van der Waals surface area contributed by atoms with Crippen LogP contribution in [-0.4, -0.2) is 10.1 Å². The Hall–Kier alpha value is -1.61. The number of rotatable bonds is 3. The number of hydrogen-bond donors (Lipinski definition) is 1. The van der Waals surface area contributed by atoms with Crippen molar-refractivity contribution in [2.24, 2.45) is 0 Å². The van der Waals surface area contributed by atoms with Gasteiger partial charge < -0.3 is 9.52 Å². The molecule has 2 aromatic rings. The van der Waals surface area contributed by atoms with Gasteiger partial charge in [-0.3, -0.25) is 4.98 Å². The molecule has 3 nitrogen and oxygen atoms in total. The molecule has 2 heterocycles. The van der Waals surface area contributed by atoms with Crippen LogP contribution >= 0.6 is 0 Å². The lowest BCUT2D eigenvalue weighted by atomic mass is 10.1. The van der Waals surface area contributed by atoms with Crippen LogP contribution in [0.5, 0.6) is 0 Å². The van der Waals surface area contributed by atoms with Crippen molar-refractivity contribution in [2.75, 3.05) is 0 Å². The molecule has 0 bridgehead atoms. The summed E-state index contributed by atoms with van der Waals surface area (Å²) in [5.41, 5.74) is 2.81. The van der Waals surface area contributed by atoms with Crippen LogP contribution in [0.25, 0.3) is 0 Å². The highest BCUT2D eigenvalue weighted by Gasteiger charge is 2.11. The Morgan fingerprint density at radius 3 is 2.75 bits per heavy atom. The van der Waals surface area contributed by atoms with Gasteiger partial charge in [0, 0.05) is 23.9 Å².